The second kappa shape index (κ2) is 6.28. The number of hydrogen-bond donors (Lipinski definition) is 1. The lowest BCUT2D eigenvalue weighted by molar-refractivity contribution is 0.206. The van der Waals surface area contributed by atoms with Gasteiger partial charge in [-0.15, -0.1) is 0 Å². The van der Waals surface area contributed by atoms with E-state index in [1.54, 1.807) is 0 Å². The molecular weight excluding hydrogens is 244 g/mol. The second-order valence-corrected chi connectivity index (χ2v) is 6.97. The number of fused-ring (bicyclic) bond motifs is 1. The Labute approximate surface area is 123 Å². The van der Waals surface area contributed by atoms with Crippen molar-refractivity contribution in [3.63, 3.8) is 0 Å². The molecule has 3 rings (SSSR count). The van der Waals surface area contributed by atoms with Crippen LogP contribution in [0.5, 0.6) is 0 Å². The molecule has 0 aromatic heterocycles. The topological polar surface area (TPSA) is 15.3 Å². The molecule has 3 atom stereocenters. The molecule has 0 aliphatic carbocycles. The van der Waals surface area contributed by atoms with E-state index >= 15 is 0 Å². The Morgan fingerprint density at radius 2 is 2.00 bits per heavy atom. The Morgan fingerprint density at radius 1 is 1.20 bits per heavy atom. The summed E-state index contributed by atoms with van der Waals surface area (Å²) in [5.74, 6) is 1.62. The molecule has 1 aromatic carbocycles. The van der Waals surface area contributed by atoms with Gasteiger partial charge in [-0.1, -0.05) is 44.2 Å². The van der Waals surface area contributed by atoms with Gasteiger partial charge in [-0.05, 0) is 43.2 Å². The average molecular weight is 272 g/mol. The van der Waals surface area contributed by atoms with E-state index in [1.807, 2.05) is 0 Å². The zero-order chi connectivity index (χ0) is 13.9. The molecule has 2 aliphatic heterocycles. The smallest absolute Gasteiger partial charge is 0.0351 e. The molecule has 2 nitrogen and oxygen atoms in total. The van der Waals surface area contributed by atoms with Crippen LogP contribution in [0.25, 0.3) is 0 Å². The van der Waals surface area contributed by atoms with Gasteiger partial charge in [-0.3, -0.25) is 4.90 Å². The van der Waals surface area contributed by atoms with E-state index in [-0.39, 0.29) is 0 Å². The van der Waals surface area contributed by atoms with Crippen molar-refractivity contribution in [2.24, 2.45) is 11.8 Å². The average Bonchev–Trinajstić information content (AvgIpc) is 2.89. The van der Waals surface area contributed by atoms with E-state index in [9.17, 15) is 0 Å². The number of nitrogens with zero attached hydrogens (tertiary/aromatic N) is 1. The molecule has 110 valence electrons. The van der Waals surface area contributed by atoms with Crippen LogP contribution < -0.4 is 5.32 Å². The van der Waals surface area contributed by atoms with Crippen LogP contribution in [-0.4, -0.2) is 30.6 Å². The minimum absolute atomic E-state index is 0.601. The van der Waals surface area contributed by atoms with Crippen LogP contribution in [0.15, 0.2) is 30.3 Å². The maximum Gasteiger partial charge on any atom is 0.0351 e. The van der Waals surface area contributed by atoms with Crippen LogP contribution in [-0.2, 0) is 0 Å². The Bertz CT molecular complexity index is 401. The van der Waals surface area contributed by atoms with Crippen LogP contribution in [0.3, 0.4) is 0 Å². The molecule has 2 aliphatic rings. The maximum atomic E-state index is 3.73. The molecule has 1 unspecified atom stereocenters. The summed E-state index contributed by atoms with van der Waals surface area (Å²) in [7, 11) is 0. The van der Waals surface area contributed by atoms with Crippen LogP contribution >= 0.6 is 0 Å². The largest absolute Gasteiger partial charge is 0.312 e. The van der Waals surface area contributed by atoms with Gasteiger partial charge in [0.25, 0.3) is 0 Å². The van der Waals surface area contributed by atoms with Gasteiger partial charge in [0, 0.05) is 25.2 Å². The molecule has 1 N–H and O–H groups in total. The summed E-state index contributed by atoms with van der Waals surface area (Å²) in [5, 5.41) is 3.73. The van der Waals surface area contributed by atoms with Crippen LogP contribution in [0, 0.1) is 11.8 Å². The number of nitrogens with one attached hydrogen (secondary N) is 1. The van der Waals surface area contributed by atoms with E-state index in [0.717, 1.165) is 17.9 Å². The molecule has 2 saturated heterocycles. The van der Waals surface area contributed by atoms with Crippen molar-refractivity contribution in [2.45, 2.75) is 45.2 Å². The quantitative estimate of drug-likeness (QED) is 0.903. The van der Waals surface area contributed by atoms with E-state index < -0.39 is 0 Å². The summed E-state index contributed by atoms with van der Waals surface area (Å²) < 4.78 is 0. The summed E-state index contributed by atoms with van der Waals surface area (Å²) in [6, 6.07) is 12.4. The zero-order valence-corrected chi connectivity index (χ0v) is 12.9. The van der Waals surface area contributed by atoms with Crippen LogP contribution in [0.4, 0.5) is 0 Å². The van der Waals surface area contributed by atoms with Crippen LogP contribution in [0.2, 0.25) is 0 Å². The highest BCUT2D eigenvalue weighted by Gasteiger charge is 2.37. The van der Waals surface area contributed by atoms with Gasteiger partial charge in [-0.2, -0.15) is 0 Å². The first-order valence-electron chi connectivity index (χ1n) is 8.26. The number of likely N-dealkylation sites (tertiary alicyclic amines) is 1. The first-order valence-corrected chi connectivity index (χ1v) is 8.26. The molecular formula is C18H28N2. The molecule has 0 radical (unpaired) electrons. The first kappa shape index (κ1) is 14.1. The van der Waals surface area contributed by atoms with Crippen molar-refractivity contribution >= 4 is 0 Å². The summed E-state index contributed by atoms with van der Waals surface area (Å²) >= 11 is 0. The number of hydrogen-bond acceptors (Lipinski definition) is 2. The molecule has 2 heteroatoms. The van der Waals surface area contributed by atoms with Gasteiger partial charge >= 0.3 is 0 Å². The number of benzene rings is 1. The first-order chi connectivity index (χ1) is 9.74. The summed E-state index contributed by atoms with van der Waals surface area (Å²) in [5.41, 5.74) is 1.50. The summed E-state index contributed by atoms with van der Waals surface area (Å²) in [4.78, 5) is 2.74. The van der Waals surface area contributed by atoms with Gasteiger partial charge in [-0.25, -0.2) is 0 Å². The number of piperidine rings is 1. The fraction of sp³-hybridized carbons (Fsp3) is 0.667. The number of rotatable bonds is 4. The molecule has 0 amide bonds. The van der Waals surface area contributed by atoms with Gasteiger partial charge in [0.15, 0.2) is 0 Å². The van der Waals surface area contributed by atoms with E-state index in [1.165, 1.54) is 44.5 Å². The molecule has 0 spiro atoms. The summed E-state index contributed by atoms with van der Waals surface area (Å²) in [6.45, 7) is 8.42. The Kier molecular flexibility index (Phi) is 4.42. The minimum atomic E-state index is 0.601. The van der Waals surface area contributed by atoms with Crippen LogP contribution in [0.1, 0.15) is 44.7 Å². The van der Waals surface area contributed by atoms with E-state index in [4.69, 9.17) is 0 Å². The van der Waals surface area contributed by atoms with Crippen molar-refractivity contribution in [1.82, 2.24) is 10.2 Å². The predicted octanol–water partition coefficient (Wildman–Crippen LogP) is 3.46. The monoisotopic (exact) mass is 272 g/mol. The van der Waals surface area contributed by atoms with E-state index in [2.05, 4.69) is 54.4 Å². The molecule has 20 heavy (non-hydrogen) atoms. The maximum absolute atomic E-state index is 3.73. The predicted molar refractivity (Wildman–Crippen MR) is 84.7 cm³/mol. The molecule has 1 aromatic rings. The van der Waals surface area contributed by atoms with Gasteiger partial charge in [0.1, 0.15) is 0 Å². The molecule has 0 saturated carbocycles. The summed E-state index contributed by atoms with van der Waals surface area (Å²) in [6.07, 6.45) is 4.04. The molecule has 2 fully saturated rings. The van der Waals surface area contributed by atoms with Crippen molar-refractivity contribution in [3.8, 4) is 0 Å². The Hall–Kier alpha value is -0.860. The van der Waals surface area contributed by atoms with Crippen molar-refractivity contribution in [1.29, 1.82) is 0 Å². The highest BCUT2D eigenvalue weighted by atomic mass is 15.2. The second-order valence-electron chi connectivity index (χ2n) is 6.97. The lowest BCUT2D eigenvalue weighted by Crippen LogP contribution is -2.40. The van der Waals surface area contributed by atoms with Crippen molar-refractivity contribution < 1.29 is 0 Å². The Morgan fingerprint density at radius 3 is 2.70 bits per heavy atom. The lowest BCUT2D eigenvalue weighted by atomic mass is 9.94. The highest BCUT2D eigenvalue weighted by Crippen LogP contribution is 2.34. The molecule has 2 heterocycles. The fourth-order valence-corrected chi connectivity index (χ4v) is 3.95. The zero-order valence-electron chi connectivity index (χ0n) is 12.9. The highest BCUT2D eigenvalue weighted by molar-refractivity contribution is 5.20. The van der Waals surface area contributed by atoms with Crippen molar-refractivity contribution in [3.05, 3.63) is 35.9 Å². The third-order valence-corrected chi connectivity index (χ3v) is 4.95. The molecule has 0 bridgehead atoms. The Balaban J connectivity index is 1.76. The third kappa shape index (κ3) is 3.07. The fourth-order valence-electron chi connectivity index (χ4n) is 3.95. The minimum Gasteiger partial charge on any atom is -0.312 e. The lowest BCUT2D eigenvalue weighted by Gasteiger charge is -2.30. The van der Waals surface area contributed by atoms with Gasteiger partial charge < -0.3 is 5.32 Å². The third-order valence-electron chi connectivity index (χ3n) is 4.95. The van der Waals surface area contributed by atoms with Crippen molar-refractivity contribution in [2.75, 3.05) is 19.6 Å². The normalized spacial score (nSPS) is 28.6. The van der Waals surface area contributed by atoms with Gasteiger partial charge in [0.2, 0.25) is 0 Å². The van der Waals surface area contributed by atoms with E-state index in [0.29, 0.717) is 6.04 Å². The standard InChI is InChI=1S/C18H28N2/c1-14(2)11-18(15-7-4-3-5-8-15)20-12-16-9-6-10-19-17(16)13-20/h3-5,7-8,14,16-19H,6,9-13H2,1-2H3/t16-,17+,18?/m0/s1. The van der Waals surface area contributed by atoms with Gasteiger partial charge in [0.05, 0.1) is 0 Å². The SMILES string of the molecule is CC(C)CC(c1ccccc1)N1C[C@@H]2CCCN[C@@H]2C1.